The first kappa shape index (κ1) is 33.9. The summed E-state index contributed by atoms with van der Waals surface area (Å²) >= 11 is 0. The van der Waals surface area contributed by atoms with Gasteiger partial charge in [-0.2, -0.15) is 5.10 Å². The van der Waals surface area contributed by atoms with Crippen molar-refractivity contribution in [1.82, 2.24) is 14.8 Å². The Morgan fingerprint density at radius 1 is 0.648 bits per heavy atom. The Kier molecular flexibility index (Phi) is 8.11. The fourth-order valence-corrected chi connectivity index (χ4v) is 8.37. The van der Waals surface area contributed by atoms with Crippen LogP contribution >= 0.6 is 0 Å². The highest BCUT2D eigenvalue weighted by atomic mass is 16.5. The van der Waals surface area contributed by atoms with Crippen molar-refractivity contribution < 1.29 is 4.74 Å². The summed E-state index contributed by atoms with van der Waals surface area (Å²) in [6.45, 7) is 15.8. The van der Waals surface area contributed by atoms with Gasteiger partial charge in [-0.3, -0.25) is 4.98 Å². The second-order valence-electron chi connectivity index (χ2n) is 16.4. The number of nitrogens with zero attached hydrogens (tertiary/aromatic N) is 4. The maximum absolute atomic E-state index is 6.77. The molecule has 5 aromatic carbocycles. The first-order chi connectivity index (χ1) is 26.1. The molecule has 2 aliphatic rings. The number of benzene rings is 5. The van der Waals surface area contributed by atoms with E-state index in [0.717, 1.165) is 56.5 Å². The number of anilines is 3. The molecular formula is C48H45BN4O. The van der Waals surface area contributed by atoms with Gasteiger partial charge < -0.3 is 9.64 Å². The van der Waals surface area contributed by atoms with Gasteiger partial charge in [0.2, 0.25) is 0 Å². The number of aromatic nitrogens is 3. The van der Waals surface area contributed by atoms with Crippen molar-refractivity contribution >= 4 is 40.2 Å². The van der Waals surface area contributed by atoms with Crippen molar-refractivity contribution in [3.05, 3.63) is 151 Å². The first-order valence-corrected chi connectivity index (χ1v) is 19.2. The highest BCUT2D eigenvalue weighted by Crippen LogP contribution is 2.42. The third-order valence-electron chi connectivity index (χ3n) is 11.1. The number of ether oxygens (including phenoxy) is 1. The molecule has 54 heavy (non-hydrogen) atoms. The third kappa shape index (κ3) is 5.63. The van der Waals surface area contributed by atoms with Crippen LogP contribution in [-0.2, 0) is 5.41 Å². The second-order valence-corrected chi connectivity index (χ2v) is 16.4. The highest BCUT2D eigenvalue weighted by Gasteiger charge is 2.42. The molecule has 266 valence electrons. The summed E-state index contributed by atoms with van der Waals surface area (Å²) in [7, 11) is 0. The van der Waals surface area contributed by atoms with Gasteiger partial charge in [-0.25, -0.2) is 4.68 Å². The quantitative estimate of drug-likeness (QED) is 0.162. The van der Waals surface area contributed by atoms with Gasteiger partial charge in [0, 0.05) is 35.0 Å². The molecule has 0 spiro atoms. The summed E-state index contributed by atoms with van der Waals surface area (Å²) < 4.78 is 8.80. The minimum absolute atomic E-state index is 0.0134. The van der Waals surface area contributed by atoms with Crippen molar-refractivity contribution in [3.63, 3.8) is 0 Å². The van der Waals surface area contributed by atoms with E-state index in [-0.39, 0.29) is 12.1 Å². The van der Waals surface area contributed by atoms with Gasteiger partial charge in [0.05, 0.1) is 17.6 Å². The number of para-hydroxylation sites is 1. The van der Waals surface area contributed by atoms with E-state index in [4.69, 9.17) is 14.8 Å². The van der Waals surface area contributed by atoms with Gasteiger partial charge in [0.15, 0.2) is 0 Å². The second kappa shape index (κ2) is 12.9. The summed E-state index contributed by atoms with van der Waals surface area (Å²) in [5, 5.41) is 4.98. The molecule has 0 N–H and O–H groups in total. The van der Waals surface area contributed by atoms with Crippen LogP contribution in [0.4, 0.5) is 17.1 Å². The fourth-order valence-electron chi connectivity index (χ4n) is 8.37. The molecule has 4 heterocycles. The predicted molar refractivity (Wildman–Crippen MR) is 225 cm³/mol. The molecule has 0 atom stereocenters. The first-order valence-electron chi connectivity index (χ1n) is 19.2. The topological polar surface area (TPSA) is 43.2 Å². The summed E-state index contributed by atoms with van der Waals surface area (Å²) in [5.41, 5.74) is 16.4. The molecule has 0 amide bonds. The monoisotopic (exact) mass is 704 g/mol. The largest absolute Gasteiger partial charge is 0.458 e. The number of pyridine rings is 1. The van der Waals surface area contributed by atoms with E-state index in [0.29, 0.717) is 11.8 Å². The molecule has 0 saturated heterocycles. The van der Waals surface area contributed by atoms with Crippen LogP contribution in [-0.4, -0.2) is 21.5 Å². The van der Waals surface area contributed by atoms with Crippen LogP contribution in [0.1, 0.15) is 77.0 Å². The van der Waals surface area contributed by atoms with Crippen LogP contribution in [0.15, 0.2) is 134 Å². The van der Waals surface area contributed by atoms with E-state index >= 15 is 0 Å². The summed E-state index contributed by atoms with van der Waals surface area (Å²) in [4.78, 5) is 7.26. The molecule has 0 radical (unpaired) electrons. The molecular weight excluding hydrogens is 659 g/mol. The molecule has 0 bridgehead atoms. The number of fused-ring (bicyclic) bond motifs is 4. The zero-order chi connectivity index (χ0) is 37.3. The van der Waals surface area contributed by atoms with E-state index in [1.807, 2.05) is 17.1 Å². The lowest BCUT2D eigenvalue weighted by Crippen LogP contribution is -2.59. The summed E-state index contributed by atoms with van der Waals surface area (Å²) in [6.07, 6.45) is 6.15. The maximum atomic E-state index is 6.77. The van der Waals surface area contributed by atoms with E-state index in [2.05, 4.69) is 175 Å². The molecule has 6 heteroatoms. The number of rotatable bonds is 6. The Labute approximate surface area is 319 Å². The van der Waals surface area contributed by atoms with E-state index in [1.165, 1.54) is 33.2 Å². The van der Waals surface area contributed by atoms with Crippen LogP contribution in [0.25, 0.3) is 28.1 Å². The molecule has 7 aromatic rings. The van der Waals surface area contributed by atoms with Crippen LogP contribution in [0.2, 0.25) is 0 Å². The minimum atomic E-state index is -0.0649. The average Bonchev–Trinajstić information content (AvgIpc) is 3.67. The zero-order valence-electron chi connectivity index (χ0n) is 32.1. The lowest BCUT2D eigenvalue weighted by molar-refractivity contribution is 0.487. The Hall–Kier alpha value is -5.88. The zero-order valence-corrected chi connectivity index (χ0v) is 32.1. The average molecular weight is 705 g/mol. The van der Waals surface area contributed by atoms with Gasteiger partial charge in [-0.05, 0) is 122 Å². The summed E-state index contributed by atoms with van der Waals surface area (Å²) in [5.74, 6) is 2.55. The van der Waals surface area contributed by atoms with E-state index in [1.54, 1.807) is 0 Å². The van der Waals surface area contributed by atoms with Crippen molar-refractivity contribution in [1.29, 1.82) is 0 Å². The van der Waals surface area contributed by atoms with Crippen molar-refractivity contribution in [2.24, 2.45) is 0 Å². The van der Waals surface area contributed by atoms with Crippen molar-refractivity contribution in [2.75, 3.05) is 4.90 Å². The van der Waals surface area contributed by atoms with Gasteiger partial charge >= 0.3 is 0 Å². The van der Waals surface area contributed by atoms with Crippen LogP contribution in [0, 0.1) is 0 Å². The van der Waals surface area contributed by atoms with E-state index < -0.39 is 0 Å². The van der Waals surface area contributed by atoms with Gasteiger partial charge in [0.25, 0.3) is 6.71 Å². The molecule has 0 saturated carbocycles. The van der Waals surface area contributed by atoms with Crippen molar-refractivity contribution in [3.8, 4) is 39.6 Å². The Morgan fingerprint density at radius 2 is 1.41 bits per heavy atom. The normalized spacial score (nSPS) is 13.1. The van der Waals surface area contributed by atoms with E-state index in [9.17, 15) is 0 Å². The lowest BCUT2D eigenvalue weighted by Gasteiger charge is -2.40. The number of hydrogen-bond acceptors (Lipinski definition) is 4. The predicted octanol–water partition coefficient (Wildman–Crippen LogP) is 10.6. The Morgan fingerprint density at radius 3 is 2.15 bits per heavy atom. The lowest BCUT2D eigenvalue weighted by atomic mass is 9.34. The van der Waals surface area contributed by atoms with Crippen LogP contribution < -0.4 is 26.0 Å². The molecule has 0 unspecified atom stereocenters. The van der Waals surface area contributed by atoms with Gasteiger partial charge in [0.1, 0.15) is 11.5 Å². The van der Waals surface area contributed by atoms with Crippen LogP contribution in [0.3, 0.4) is 0 Å². The number of hydrogen-bond donors (Lipinski definition) is 0. The molecule has 0 fully saturated rings. The third-order valence-corrected chi connectivity index (χ3v) is 11.1. The molecule has 0 aliphatic carbocycles. The fraction of sp³-hybridized carbons (Fsp3) is 0.208. The standard InChI is InChI=1S/C48H45BN4O/c1-30(2)37-15-11-16-38(31(3)4)46(37)33-28-51-52(29-33)36-20-22-44-40(27-36)49-39-25-32(41-26-34(23-24-50-41)48(5,6)7)19-21-42(39)53(35-13-9-8-10-14-35)43-17-12-18-45(54-44)47(43)49/h8-31H,1-7H3. The summed E-state index contributed by atoms with van der Waals surface area (Å²) in [6, 6.07) is 41.5. The van der Waals surface area contributed by atoms with Gasteiger partial charge in [-0.15, -0.1) is 0 Å². The molecule has 9 rings (SSSR count). The van der Waals surface area contributed by atoms with Crippen molar-refractivity contribution in [2.45, 2.75) is 65.7 Å². The SMILES string of the molecule is CC(C)c1cccc(C(C)C)c1-c1cnn(-c2ccc3c(c2)B2c4cc(-c5cc(C(C)(C)C)ccn5)ccc4N(c4ccccc4)c4cccc(c42)O3)c1. The highest BCUT2D eigenvalue weighted by molar-refractivity contribution is 6.99. The Bertz CT molecular complexity index is 2520. The molecule has 2 aliphatic heterocycles. The molecule has 2 aromatic heterocycles. The van der Waals surface area contributed by atoms with Gasteiger partial charge in [-0.1, -0.05) is 103 Å². The maximum Gasteiger partial charge on any atom is 0.256 e. The minimum Gasteiger partial charge on any atom is -0.458 e. The Balaban J connectivity index is 1.22. The smallest absolute Gasteiger partial charge is 0.256 e. The van der Waals surface area contributed by atoms with Crippen LogP contribution in [0.5, 0.6) is 11.5 Å². The molecule has 5 nitrogen and oxygen atoms in total.